The van der Waals surface area contributed by atoms with E-state index < -0.39 is 0 Å². The molecule has 1 aromatic rings. The molecule has 0 bridgehead atoms. The van der Waals surface area contributed by atoms with E-state index in [1.165, 1.54) is 32.6 Å². The van der Waals surface area contributed by atoms with Gasteiger partial charge in [0.25, 0.3) is 0 Å². The van der Waals surface area contributed by atoms with E-state index in [1.54, 1.807) is 0 Å². The molecule has 0 saturated heterocycles. The Morgan fingerprint density at radius 2 is 1.25 bits per heavy atom. The summed E-state index contributed by atoms with van der Waals surface area (Å²) in [4.78, 5) is 8.81. The first kappa shape index (κ1) is 18.1. The molecular formula is C14H20OY-2. The number of carbonyl (C=O) groups is 1. The van der Waals surface area contributed by atoms with Crippen molar-refractivity contribution in [2.24, 2.45) is 0 Å². The molecule has 1 aliphatic rings. The standard InChI is InChI=1S/C8H8.C4H8.C2H4O.Y/c1-7-5-3-4-6-8(7)2;1-2-4-3-1;1-2-3;/h3-6H,1-2H2;1-4H2;2H,1H3;/q-2;;;. The molecule has 1 fully saturated rings. The van der Waals surface area contributed by atoms with Crippen molar-refractivity contribution in [1.29, 1.82) is 0 Å². The zero-order valence-electron chi connectivity index (χ0n) is 10.1. The Labute approximate surface area is 125 Å². The summed E-state index contributed by atoms with van der Waals surface area (Å²) in [6.07, 6.45) is 6.75. The number of benzene rings is 1. The van der Waals surface area contributed by atoms with Crippen LogP contribution >= 0.6 is 0 Å². The van der Waals surface area contributed by atoms with Gasteiger partial charge in [-0.2, -0.15) is 0 Å². The van der Waals surface area contributed by atoms with Gasteiger partial charge >= 0.3 is 0 Å². The first-order chi connectivity index (χ1) is 7.22. The molecule has 16 heavy (non-hydrogen) atoms. The molecule has 0 aliphatic heterocycles. The van der Waals surface area contributed by atoms with Crippen molar-refractivity contribution < 1.29 is 37.5 Å². The van der Waals surface area contributed by atoms with Crippen LogP contribution in [0.4, 0.5) is 0 Å². The van der Waals surface area contributed by atoms with Crippen molar-refractivity contribution in [3.05, 3.63) is 49.2 Å². The molecule has 0 spiro atoms. The zero-order chi connectivity index (χ0) is 11.5. The van der Waals surface area contributed by atoms with E-state index in [9.17, 15) is 0 Å². The first-order valence-corrected chi connectivity index (χ1v) is 5.35. The predicted octanol–water partition coefficient (Wildman–Crippen LogP) is 3.81. The molecule has 1 nitrogen and oxygen atoms in total. The van der Waals surface area contributed by atoms with Gasteiger partial charge < -0.3 is 4.79 Å². The minimum absolute atomic E-state index is 0. The maximum Gasteiger partial charge on any atom is 0.116 e. The van der Waals surface area contributed by atoms with Crippen LogP contribution in [0.5, 0.6) is 0 Å². The molecular weight excluding hydrogens is 273 g/mol. The van der Waals surface area contributed by atoms with E-state index in [0.29, 0.717) is 0 Å². The van der Waals surface area contributed by atoms with E-state index in [1.807, 2.05) is 24.3 Å². The summed E-state index contributed by atoms with van der Waals surface area (Å²) in [6.45, 7) is 8.96. The summed E-state index contributed by atoms with van der Waals surface area (Å²) >= 11 is 0. The normalized spacial score (nSPS) is 11.3. The monoisotopic (exact) mass is 293 g/mol. The van der Waals surface area contributed by atoms with E-state index in [0.717, 1.165) is 17.4 Å². The summed E-state index contributed by atoms with van der Waals surface area (Å²) in [7, 11) is 0. The topological polar surface area (TPSA) is 17.1 Å². The molecule has 0 amide bonds. The van der Waals surface area contributed by atoms with Crippen molar-refractivity contribution in [1.82, 2.24) is 0 Å². The summed E-state index contributed by atoms with van der Waals surface area (Å²) in [5.74, 6) is 0. The fourth-order valence-corrected chi connectivity index (χ4v) is 0.807. The first-order valence-electron chi connectivity index (χ1n) is 5.35. The van der Waals surface area contributed by atoms with Gasteiger partial charge in [-0.05, 0) is 6.92 Å². The van der Waals surface area contributed by atoms with Gasteiger partial charge in [0.2, 0.25) is 0 Å². The van der Waals surface area contributed by atoms with Gasteiger partial charge in [-0.3, -0.25) is 25.0 Å². The number of hydrogen-bond donors (Lipinski definition) is 0. The van der Waals surface area contributed by atoms with E-state index in [-0.39, 0.29) is 32.7 Å². The van der Waals surface area contributed by atoms with Crippen LogP contribution in [-0.4, -0.2) is 6.29 Å². The van der Waals surface area contributed by atoms with Crippen LogP contribution in [0.15, 0.2) is 24.3 Å². The van der Waals surface area contributed by atoms with Gasteiger partial charge in [0.15, 0.2) is 0 Å². The van der Waals surface area contributed by atoms with Crippen LogP contribution in [0.25, 0.3) is 0 Å². The molecule has 87 valence electrons. The Morgan fingerprint density at radius 1 is 1.00 bits per heavy atom. The minimum atomic E-state index is 0. The molecule has 1 aliphatic carbocycles. The molecule has 0 aromatic heterocycles. The Balaban J connectivity index is 0. The van der Waals surface area contributed by atoms with Crippen LogP contribution in [0.1, 0.15) is 43.7 Å². The van der Waals surface area contributed by atoms with Crippen molar-refractivity contribution >= 4 is 6.29 Å². The summed E-state index contributed by atoms with van der Waals surface area (Å²) in [5.41, 5.74) is 2.01. The molecule has 0 atom stereocenters. The van der Waals surface area contributed by atoms with Gasteiger partial charge in [0, 0.05) is 32.7 Å². The Hall–Kier alpha value is -0.266. The van der Waals surface area contributed by atoms with Gasteiger partial charge in [0.1, 0.15) is 6.29 Å². The molecule has 0 unspecified atom stereocenters. The van der Waals surface area contributed by atoms with Crippen LogP contribution in [-0.2, 0) is 37.5 Å². The smallest absolute Gasteiger partial charge is 0.116 e. The van der Waals surface area contributed by atoms with Crippen molar-refractivity contribution in [2.75, 3.05) is 0 Å². The quantitative estimate of drug-likeness (QED) is 0.525. The summed E-state index contributed by atoms with van der Waals surface area (Å²) < 4.78 is 0. The molecule has 0 N–H and O–H groups in total. The van der Waals surface area contributed by atoms with Gasteiger partial charge in [-0.25, -0.2) is 12.1 Å². The fraction of sp³-hybridized carbons (Fsp3) is 0.357. The number of rotatable bonds is 0. The summed E-state index contributed by atoms with van der Waals surface area (Å²) in [5, 5.41) is 0. The fourth-order valence-electron chi connectivity index (χ4n) is 0.807. The molecule has 1 saturated carbocycles. The van der Waals surface area contributed by atoms with Gasteiger partial charge in [-0.15, -0.1) is 12.1 Å². The molecule has 1 radical (unpaired) electrons. The Kier molecular flexibility index (Phi) is 14.5. The third-order valence-electron chi connectivity index (χ3n) is 2.12. The second kappa shape index (κ2) is 12.8. The number of hydrogen-bond acceptors (Lipinski definition) is 1. The zero-order valence-corrected chi connectivity index (χ0v) is 13.0. The average molecular weight is 293 g/mol. The third kappa shape index (κ3) is 10.3. The van der Waals surface area contributed by atoms with E-state index in [4.69, 9.17) is 4.79 Å². The van der Waals surface area contributed by atoms with E-state index >= 15 is 0 Å². The van der Waals surface area contributed by atoms with Crippen molar-refractivity contribution in [3.63, 3.8) is 0 Å². The van der Waals surface area contributed by atoms with Crippen LogP contribution in [0.3, 0.4) is 0 Å². The molecule has 2 rings (SSSR count). The van der Waals surface area contributed by atoms with Crippen LogP contribution < -0.4 is 0 Å². The SMILES string of the molecule is C1CCC1.CC=O.[CH2-]c1ccccc1[CH2-].[Y]. The second-order valence-corrected chi connectivity index (χ2v) is 3.42. The molecule has 0 heterocycles. The average Bonchev–Trinajstić information content (AvgIpc) is 2.08. The predicted molar refractivity (Wildman–Crippen MR) is 65.6 cm³/mol. The van der Waals surface area contributed by atoms with Crippen LogP contribution in [0, 0.1) is 13.8 Å². The summed E-state index contributed by atoms with van der Waals surface area (Å²) in [6, 6.07) is 7.80. The van der Waals surface area contributed by atoms with Gasteiger partial charge in [0.05, 0.1) is 0 Å². The van der Waals surface area contributed by atoms with E-state index in [2.05, 4.69) is 13.8 Å². The maximum absolute atomic E-state index is 8.81. The van der Waals surface area contributed by atoms with Gasteiger partial charge in [-0.1, -0.05) is 25.7 Å². The largest absolute Gasteiger partial charge is 0.304 e. The molecule has 1 aromatic carbocycles. The maximum atomic E-state index is 8.81. The Morgan fingerprint density at radius 3 is 1.38 bits per heavy atom. The number of carbonyl (C=O) groups excluding carboxylic acids is 1. The molecule has 2 heteroatoms. The number of aldehydes is 1. The Bertz CT molecular complexity index is 242. The second-order valence-electron chi connectivity index (χ2n) is 3.42. The van der Waals surface area contributed by atoms with Crippen molar-refractivity contribution in [2.45, 2.75) is 32.6 Å². The minimum Gasteiger partial charge on any atom is -0.304 e. The van der Waals surface area contributed by atoms with Crippen molar-refractivity contribution in [3.8, 4) is 0 Å². The third-order valence-corrected chi connectivity index (χ3v) is 2.12. The van der Waals surface area contributed by atoms with Crippen LogP contribution in [0.2, 0.25) is 0 Å².